The zero-order valence-corrected chi connectivity index (χ0v) is 11.4. The van der Waals surface area contributed by atoms with Gasteiger partial charge in [-0.1, -0.05) is 19.1 Å². The average Bonchev–Trinajstić information content (AvgIpc) is 2.73. The normalized spacial score (nSPS) is 23.4. The van der Waals surface area contributed by atoms with Crippen molar-refractivity contribution in [3.05, 3.63) is 35.1 Å². The molecule has 98 valence electrons. The molecule has 1 aromatic carbocycles. The first-order valence-electron chi connectivity index (χ1n) is 6.18. The second-order valence-electron chi connectivity index (χ2n) is 4.92. The molecule has 4 heteroatoms. The molecular weight excluding hydrogens is 253 g/mol. The Morgan fingerprint density at radius 1 is 1.56 bits per heavy atom. The van der Waals surface area contributed by atoms with Crippen molar-refractivity contribution >= 4 is 17.5 Å². The summed E-state index contributed by atoms with van der Waals surface area (Å²) in [6, 6.07) is 4.93. The number of amides is 1. The first kappa shape index (κ1) is 13.3. The highest BCUT2D eigenvalue weighted by molar-refractivity contribution is 6.18. The molecule has 0 spiro atoms. The highest BCUT2D eigenvalue weighted by Crippen LogP contribution is 2.27. The van der Waals surface area contributed by atoms with Crippen LogP contribution in [-0.4, -0.2) is 29.3 Å². The Morgan fingerprint density at radius 3 is 2.94 bits per heavy atom. The lowest BCUT2D eigenvalue weighted by atomic mass is 10.0. The number of halogens is 2. The van der Waals surface area contributed by atoms with Gasteiger partial charge in [0.15, 0.2) is 0 Å². The number of carbonyl (C=O) groups is 1. The van der Waals surface area contributed by atoms with Crippen LogP contribution in [0.25, 0.3) is 0 Å². The Labute approximate surface area is 112 Å². The zero-order valence-electron chi connectivity index (χ0n) is 10.6. The molecule has 1 aromatic rings. The van der Waals surface area contributed by atoms with E-state index in [1.54, 1.807) is 30.0 Å². The molecule has 1 amide bonds. The summed E-state index contributed by atoms with van der Waals surface area (Å²) in [5, 5.41) is 0. The Bertz CT molecular complexity index is 463. The van der Waals surface area contributed by atoms with E-state index in [0.717, 1.165) is 6.42 Å². The van der Waals surface area contributed by atoms with Gasteiger partial charge in [0.2, 0.25) is 0 Å². The van der Waals surface area contributed by atoms with Crippen LogP contribution >= 0.6 is 11.6 Å². The summed E-state index contributed by atoms with van der Waals surface area (Å²) < 4.78 is 14.0. The third-order valence-corrected chi connectivity index (χ3v) is 4.04. The van der Waals surface area contributed by atoms with Gasteiger partial charge in [-0.05, 0) is 30.9 Å². The predicted molar refractivity (Wildman–Crippen MR) is 70.5 cm³/mol. The largest absolute Gasteiger partial charge is 0.334 e. The maximum atomic E-state index is 14.0. The molecule has 1 saturated heterocycles. The topological polar surface area (TPSA) is 20.3 Å². The van der Waals surface area contributed by atoms with Gasteiger partial charge in [-0.15, -0.1) is 11.6 Å². The number of likely N-dealkylation sites (tertiary alicyclic amines) is 1. The van der Waals surface area contributed by atoms with Gasteiger partial charge < -0.3 is 4.90 Å². The number of benzene rings is 1. The Hall–Kier alpha value is -1.09. The Kier molecular flexibility index (Phi) is 3.91. The summed E-state index contributed by atoms with van der Waals surface area (Å²) >= 11 is 5.91. The van der Waals surface area contributed by atoms with Gasteiger partial charge in [-0.25, -0.2) is 4.39 Å². The SMILES string of the molecule is Cc1cccc(C(=O)N2CCC(C)C2CCl)c1F. The Morgan fingerprint density at radius 2 is 2.28 bits per heavy atom. The van der Waals surface area contributed by atoms with E-state index in [2.05, 4.69) is 6.92 Å². The number of aryl methyl sites for hydroxylation is 1. The summed E-state index contributed by atoms with van der Waals surface area (Å²) in [5.74, 6) is 0.112. The zero-order chi connectivity index (χ0) is 13.3. The minimum atomic E-state index is -0.421. The molecule has 0 saturated carbocycles. The van der Waals surface area contributed by atoms with Gasteiger partial charge in [-0.3, -0.25) is 4.79 Å². The fourth-order valence-corrected chi connectivity index (χ4v) is 2.93. The van der Waals surface area contributed by atoms with Gasteiger partial charge in [0.1, 0.15) is 5.82 Å². The fraction of sp³-hybridized carbons (Fsp3) is 0.500. The summed E-state index contributed by atoms with van der Waals surface area (Å²) in [7, 11) is 0. The lowest BCUT2D eigenvalue weighted by Crippen LogP contribution is -2.39. The van der Waals surface area contributed by atoms with Crippen LogP contribution in [0.3, 0.4) is 0 Å². The van der Waals surface area contributed by atoms with Crippen LogP contribution in [0.5, 0.6) is 0 Å². The maximum Gasteiger partial charge on any atom is 0.257 e. The van der Waals surface area contributed by atoms with Gasteiger partial charge in [-0.2, -0.15) is 0 Å². The third kappa shape index (κ3) is 2.24. The van der Waals surface area contributed by atoms with Crippen molar-refractivity contribution < 1.29 is 9.18 Å². The molecule has 2 atom stereocenters. The molecule has 2 nitrogen and oxygen atoms in total. The first-order valence-corrected chi connectivity index (χ1v) is 6.71. The standard InChI is InChI=1S/C14H17ClFNO/c1-9-6-7-17(12(9)8-15)14(18)11-5-3-4-10(2)13(11)16/h3-5,9,12H,6-8H2,1-2H3. The van der Waals surface area contributed by atoms with Gasteiger partial charge >= 0.3 is 0 Å². The van der Waals surface area contributed by atoms with E-state index in [1.165, 1.54) is 0 Å². The van der Waals surface area contributed by atoms with Gasteiger partial charge in [0, 0.05) is 18.5 Å². The molecule has 1 aliphatic heterocycles. The molecule has 0 aromatic heterocycles. The number of nitrogens with zero attached hydrogens (tertiary/aromatic N) is 1. The Balaban J connectivity index is 2.29. The third-order valence-electron chi connectivity index (χ3n) is 3.72. The summed E-state index contributed by atoms with van der Waals surface area (Å²) in [4.78, 5) is 14.1. The second kappa shape index (κ2) is 5.27. The molecule has 0 radical (unpaired) electrons. The number of hydrogen-bond acceptors (Lipinski definition) is 1. The van der Waals surface area contributed by atoms with Crippen LogP contribution in [0.2, 0.25) is 0 Å². The van der Waals surface area contributed by atoms with Crippen LogP contribution in [0.15, 0.2) is 18.2 Å². The molecule has 0 bridgehead atoms. The maximum absolute atomic E-state index is 14.0. The van der Waals surface area contributed by atoms with Crippen molar-refractivity contribution in [3.63, 3.8) is 0 Å². The summed E-state index contributed by atoms with van der Waals surface area (Å²) in [6.45, 7) is 4.40. The molecule has 2 unspecified atom stereocenters. The van der Waals surface area contributed by atoms with E-state index < -0.39 is 5.82 Å². The minimum absolute atomic E-state index is 0.0130. The highest BCUT2D eigenvalue weighted by Gasteiger charge is 2.35. The van der Waals surface area contributed by atoms with E-state index in [-0.39, 0.29) is 17.5 Å². The van der Waals surface area contributed by atoms with Crippen molar-refractivity contribution in [2.24, 2.45) is 5.92 Å². The number of carbonyl (C=O) groups excluding carboxylic acids is 1. The van der Waals surface area contributed by atoms with Crippen LogP contribution in [0, 0.1) is 18.7 Å². The van der Waals surface area contributed by atoms with Crippen LogP contribution < -0.4 is 0 Å². The molecule has 2 rings (SSSR count). The second-order valence-corrected chi connectivity index (χ2v) is 5.23. The van der Waals surface area contributed by atoms with Crippen molar-refractivity contribution in [3.8, 4) is 0 Å². The lowest BCUT2D eigenvalue weighted by molar-refractivity contribution is 0.0732. The van der Waals surface area contributed by atoms with Crippen LogP contribution in [0.4, 0.5) is 4.39 Å². The van der Waals surface area contributed by atoms with Crippen LogP contribution in [0.1, 0.15) is 29.3 Å². The fourth-order valence-electron chi connectivity index (χ4n) is 2.46. The molecule has 0 aliphatic carbocycles. The highest BCUT2D eigenvalue weighted by atomic mass is 35.5. The molecule has 1 heterocycles. The molecule has 18 heavy (non-hydrogen) atoms. The lowest BCUT2D eigenvalue weighted by Gasteiger charge is -2.25. The van der Waals surface area contributed by atoms with Crippen molar-refractivity contribution in [1.82, 2.24) is 4.90 Å². The smallest absolute Gasteiger partial charge is 0.257 e. The quantitative estimate of drug-likeness (QED) is 0.755. The number of alkyl halides is 1. The average molecular weight is 270 g/mol. The minimum Gasteiger partial charge on any atom is -0.334 e. The first-order chi connectivity index (χ1) is 8.56. The van der Waals surface area contributed by atoms with E-state index in [0.29, 0.717) is 23.9 Å². The number of rotatable bonds is 2. The van der Waals surface area contributed by atoms with Crippen LogP contribution in [-0.2, 0) is 0 Å². The van der Waals surface area contributed by atoms with Crippen molar-refractivity contribution in [2.75, 3.05) is 12.4 Å². The summed E-state index contributed by atoms with van der Waals surface area (Å²) in [5.41, 5.74) is 0.648. The van der Waals surface area contributed by atoms with E-state index >= 15 is 0 Å². The van der Waals surface area contributed by atoms with E-state index in [1.807, 2.05) is 0 Å². The van der Waals surface area contributed by atoms with E-state index in [9.17, 15) is 9.18 Å². The molecule has 1 aliphatic rings. The molecule has 1 fully saturated rings. The van der Waals surface area contributed by atoms with Gasteiger partial charge in [0.05, 0.1) is 5.56 Å². The van der Waals surface area contributed by atoms with Crippen molar-refractivity contribution in [2.45, 2.75) is 26.3 Å². The monoisotopic (exact) mass is 269 g/mol. The molecule has 0 N–H and O–H groups in total. The molecular formula is C14H17ClFNO. The van der Waals surface area contributed by atoms with Gasteiger partial charge in [0.25, 0.3) is 5.91 Å². The van der Waals surface area contributed by atoms with E-state index in [4.69, 9.17) is 11.6 Å². The van der Waals surface area contributed by atoms with Crippen molar-refractivity contribution in [1.29, 1.82) is 0 Å². The predicted octanol–water partition coefficient (Wildman–Crippen LogP) is 3.22. The number of hydrogen-bond donors (Lipinski definition) is 0. The summed E-state index contributed by atoms with van der Waals surface area (Å²) in [6.07, 6.45) is 0.927.